The van der Waals surface area contributed by atoms with Crippen LogP contribution < -0.4 is 0 Å². The molecule has 1 aromatic heterocycles. The summed E-state index contributed by atoms with van der Waals surface area (Å²) in [6.07, 6.45) is 0. The lowest BCUT2D eigenvalue weighted by Crippen LogP contribution is -2.12. The maximum absolute atomic E-state index is 4.05. The van der Waals surface area contributed by atoms with Crippen molar-refractivity contribution in [3.05, 3.63) is 28.8 Å². The average molecular weight is 230 g/mol. The molecule has 1 aromatic carbocycles. The summed E-state index contributed by atoms with van der Waals surface area (Å²) in [7, 11) is 0. The molecule has 0 unspecified atom stereocenters. The van der Waals surface area contributed by atoms with Crippen molar-refractivity contribution in [3.8, 4) is 11.4 Å². The summed E-state index contributed by atoms with van der Waals surface area (Å²) in [5.74, 6) is 0.667. The van der Waals surface area contributed by atoms with Gasteiger partial charge in [-0.05, 0) is 41.2 Å². The highest BCUT2D eigenvalue weighted by Crippen LogP contribution is 2.30. The van der Waals surface area contributed by atoms with Crippen LogP contribution in [0.3, 0.4) is 0 Å². The lowest BCUT2D eigenvalue weighted by molar-refractivity contribution is 0.589. The van der Waals surface area contributed by atoms with Crippen molar-refractivity contribution in [1.82, 2.24) is 20.6 Å². The number of nitrogens with one attached hydrogen (secondary N) is 1. The summed E-state index contributed by atoms with van der Waals surface area (Å²) < 4.78 is 0. The van der Waals surface area contributed by atoms with Crippen molar-refractivity contribution in [1.29, 1.82) is 0 Å². The minimum atomic E-state index is 0.158. The fourth-order valence-electron chi connectivity index (χ4n) is 2.02. The SMILES string of the molecule is Cc1cc(C(C)(C)C)cc(C)c1-c1nn[nH]n1. The Morgan fingerprint density at radius 2 is 1.65 bits per heavy atom. The van der Waals surface area contributed by atoms with Crippen molar-refractivity contribution in [2.45, 2.75) is 40.0 Å². The van der Waals surface area contributed by atoms with Crippen LogP contribution in [-0.2, 0) is 5.41 Å². The zero-order valence-electron chi connectivity index (χ0n) is 11.0. The topological polar surface area (TPSA) is 54.5 Å². The monoisotopic (exact) mass is 230 g/mol. The molecule has 2 aromatic rings. The summed E-state index contributed by atoms with van der Waals surface area (Å²) in [5.41, 5.74) is 4.95. The Balaban J connectivity index is 2.58. The van der Waals surface area contributed by atoms with Crippen LogP contribution in [0.4, 0.5) is 0 Å². The molecule has 0 atom stereocenters. The Morgan fingerprint density at radius 1 is 1.06 bits per heavy atom. The fraction of sp³-hybridized carbons (Fsp3) is 0.462. The zero-order valence-corrected chi connectivity index (χ0v) is 11.0. The second kappa shape index (κ2) is 3.95. The highest BCUT2D eigenvalue weighted by molar-refractivity contribution is 5.65. The molecule has 0 radical (unpaired) electrons. The normalized spacial score (nSPS) is 11.8. The number of rotatable bonds is 1. The van der Waals surface area contributed by atoms with Gasteiger partial charge in [-0.25, -0.2) is 0 Å². The molecular weight excluding hydrogens is 212 g/mol. The molecule has 0 aliphatic heterocycles. The zero-order chi connectivity index (χ0) is 12.6. The van der Waals surface area contributed by atoms with E-state index in [2.05, 4.69) is 67.4 Å². The van der Waals surface area contributed by atoms with Crippen molar-refractivity contribution in [2.75, 3.05) is 0 Å². The molecule has 17 heavy (non-hydrogen) atoms. The van der Waals surface area contributed by atoms with E-state index in [0.717, 1.165) is 5.56 Å². The molecule has 0 saturated heterocycles. The van der Waals surface area contributed by atoms with Gasteiger partial charge >= 0.3 is 0 Å². The Morgan fingerprint density at radius 3 is 2.06 bits per heavy atom. The van der Waals surface area contributed by atoms with Gasteiger partial charge in [-0.1, -0.05) is 32.9 Å². The number of aryl methyl sites for hydroxylation is 2. The lowest BCUT2D eigenvalue weighted by Gasteiger charge is -2.21. The first-order valence-electron chi connectivity index (χ1n) is 5.75. The Hall–Kier alpha value is -1.71. The van der Waals surface area contributed by atoms with Gasteiger partial charge in [-0.15, -0.1) is 10.2 Å². The third kappa shape index (κ3) is 2.20. The summed E-state index contributed by atoms with van der Waals surface area (Å²) in [6.45, 7) is 10.8. The van der Waals surface area contributed by atoms with E-state index in [-0.39, 0.29) is 5.41 Å². The van der Waals surface area contributed by atoms with Crippen LogP contribution >= 0.6 is 0 Å². The van der Waals surface area contributed by atoms with E-state index in [0.29, 0.717) is 5.82 Å². The predicted octanol–water partition coefficient (Wildman–Crippen LogP) is 2.78. The number of hydrogen-bond donors (Lipinski definition) is 1. The van der Waals surface area contributed by atoms with Crippen LogP contribution in [0.5, 0.6) is 0 Å². The largest absolute Gasteiger partial charge is 0.205 e. The number of tetrazole rings is 1. The van der Waals surface area contributed by atoms with E-state index >= 15 is 0 Å². The van der Waals surface area contributed by atoms with E-state index in [4.69, 9.17) is 0 Å². The van der Waals surface area contributed by atoms with Gasteiger partial charge in [0, 0.05) is 5.56 Å². The first-order valence-corrected chi connectivity index (χ1v) is 5.75. The van der Waals surface area contributed by atoms with Gasteiger partial charge in [0.1, 0.15) is 0 Å². The third-order valence-electron chi connectivity index (χ3n) is 2.97. The molecule has 0 saturated carbocycles. The summed E-state index contributed by atoms with van der Waals surface area (Å²) in [5, 5.41) is 14.2. The van der Waals surface area contributed by atoms with Crippen molar-refractivity contribution in [2.24, 2.45) is 0 Å². The van der Waals surface area contributed by atoms with Gasteiger partial charge in [0.2, 0.25) is 5.82 Å². The van der Waals surface area contributed by atoms with Gasteiger partial charge in [-0.2, -0.15) is 5.21 Å². The maximum atomic E-state index is 4.05. The lowest BCUT2D eigenvalue weighted by atomic mass is 9.84. The van der Waals surface area contributed by atoms with E-state index in [1.807, 2.05) is 0 Å². The first kappa shape index (κ1) is 11.8. The molecule has 90 valence electrons. The molecular formula is C13H18N4. The molecule has 0 amide bonds. The minimum Gasteiger partial charge on any atom is -0.177 e. The number of H-pyrrole nitrogens is 1. The Kier molecular flexibility index (Phi) is 2.73. The average Bonchev–Trinajstić information content (AvgIpc) is 2.68. The van der Waals surface area contributed by atoms with E-state index < -0.39 is 0 Å². The molecule has 1 N–H and O–H groups in total. The Labute approximate surface area is 101 Å². The van der Waals surface area contributed by atoms with E-state index in [1.54, 1.807) is 0 Å². The van der Waals surface area contributed by atoms with Crippen LogP contribution in [0, 0.1) is 13.8 Å². The van der Waals surface area contributed by atoms with Crippen molar-refractivity contribution in [3.63, 3.8) is 0 Å². The van der Waals surface area contributed by atoms with Crippen LogP contribution in [0.15, 0.2) is 12.1 Å². The minimum absolute atomic E-state index is 0.158. The maximum Gasteiger partial charge on any atom is 0.205 e. The second-order valence-corrected chi connectivity index (χ2v) is 5.47. The molecule has 4 heteroatoms. The molecule has 0 spiro atoms. The third-order valence-corrected chi connectivity index (χ3v) is 2.97. The van der Waals surface area contributed by atoms with Crippen molar-refractivity contribution < 1.29 is 0 Å². The van der Waals surface area contributed by atoms with Crippen molar-refractivity contribution >= 4 is 0 Å². The number of benzene rings is 1. The van der Waals surface area contributed by atoms with Gasteiger partial charge in [0.05, 0.1) is 0 Å². The molecule has 1 heterocycles. The van der Waals surface area contributed by atoms with Crippen LogP contribution in [-0.4, -0.2) is 20.6 Å². The summed E-state index contributed by atoms with van der Waals surface area (Å²) in [4.78, 5) is 0. The van der Waals surface area contributed by atoms with E-state index in [9.17, 15) is 0 Å². The molecule has 0 aliphatic rings. The highest BCUT2D eigenvalue weighted by Gasteiger charge is 2.18. The van der Waals surface area contributed by atoms with Crippen LogP contribution in [0.2, 0.25) is 0 Å². The standard InChI is InChI=1S/C13H18N4/c1-8-6-10(13(3,4)5)7-9(2)11(8)12-14-16-17-15-12/h6-7H,1-5H3,(H,14,15,16,17). The predicted molar refractivity (Wildman–Crippen MR) is 67.8 cm³/mol. The summed E-state index contributed by atoms with van der Waals surface area (Å²) >= 11 is 0. The number of hydrogen-bond acceptors (Lipinski definition) is 3. The molecule has 2 rings (SSSR count). The fourth-order valence-corrected chi connectivity index (χ4v) is 2.02. The quantitative estimate of drug-likeness (QED) is 0.819. The van der Waals surface area contributed by atoms with Gasteiger partial charge < -0.3 is 0 Å². The first-order chi connectivity index (χ1) is 7.89. The van der Waals surface area contributed by atoms with Crippen LogP contribution in [0.25, 0.3) is 11.4 Å². The van der Waals surface area contributed by atoms with Gasteiger partial charge in [0.25, 0.3) is 0 Å². The molecule has 0 fully saturated rings. The van der Waals surface area contributed by atoms with Gasteiger partial charge in [0.15, 0.2) is 0 Å². The van der Waals surface area contributed by atoms with Gasteiger partial charge in [-0.3, -0.25) is 0 Å². The summed E-state index contributed by atoms with van der Waals surface area (Å²) in [6, 6.07) is 4.41. The number of nitrogens with zero attached hydrogens (tertiary/aromatic N) is 3. The number of aromatic nitrogens is 4. The second-order valence-electron chi connectivity index (χ2n) is 5.47. The molecule has 4 nitrogen and oxygen atoms in total. The molecule has 0 aliphatic carbocycles. The van der Waals surface area contributed by atoms with Crippen LogP contribution in [0.1, 0.15) is 37.5 Å². The smallest absolute Gasteiger partial charge is 0.177 e. The van der Waals surface area contributed by atoms with E-state index in [1.165, 1.54) is 16.7 Å². The number of aromatic amines is 1. The highest BCUT2D eigenvalue weighted by atomic mass is 15.5. The molecule has 0 bridgehead atoms. The Bertz CT molecular complexity index is 498.